The summed E-state index contributed by atoms with van der Waals surface area (Å²) < 4.78 is 0. The van der Waals surface area contributed by atoms with Crippen LogP contribution in [0.25, 0.3) is 0 Å². The molecular formula is C14H26N2O2. The van der Waals surface area contributed by atoms with Crippen LogP contribution in [0.3, 0.4) is 0 Å². The normalized spacial score (nSPS) is 31.9. The third-order valence-electron chi connectivity index (χ3n) is 4.57. The fraction of sp³-hybridized carbons (Fsp3) is 0.929. The Morgan fingerprint density at radius 2 is 1.94 bits per heavy atom. The summed E-state index contributed by atoms with van der Waals surface area (Å²) in [5, 5.41) is 9.18. The Morgan fingerprint density at radius 1 is 1.28 bits per heavy atom. The number of nitrogens with zero attached hydrogens (tertiary/aromatic N) is 2. The molecule has 0 aliphatic carbocycles. The van der Waals surface area contributed by atoms with Crippen LogP contribution >= 0.6 is 0 Å². The molecule has 0 aromatic carbocycles. The molecule has 0 unspecified atom stereocenters. The maximum absolute atomic E-state index is 11.1. The number of hydrogen-bond donors (Lipinski definition) is 1. The number of aliphatic carboxylic acids is 1. The first kappa shape index (κ1) is 13.8. The molecule has 0 saturated carbocycles. The molecule has 4 nitrogen and oxygen atoms in total. The van der Waals surface area contributed by atoms with Gasteiger partial charge in [0.05, 0.1) is 5.92 Å². The first-order valence-electron chi connectivity index (χ1n) is 7.31. The van der Waals surface area contributed by atoms with Crippen molar-refractivity contribution in [2.45, 2.75) is 39.2 Å². The lowest BCUT2D eigenvalue weighted by Crippen LogP contribution is -2.44. The zero-order chi connectivity index (χ0) is 13.1. The van der Waals surface area contributed by atoms with Crippen molar-refractivity contribution in [3.8, 4) is 0 Å². The molecule has 2 aliphatic heterocycles. The van der Waals surface area contributed by atoms with E-state index < -0.39 is 5.97 Å². The highest BCUT2D eigenvalue weighted by molar-refractivity contribution is 5.71. The van der Waals surface area contributed by atoms with E-state index in [0.29, 0.717) is 12.0 Å². The fourth-order valence-electron chi connectivity index (χ4n) is 3.45. The van der Waals surface area contributed by atoms with Gasteiger partial charge >= 0.3 is 5.97 Å². The van der Waals surface area contributed by atoms with E-state index in [9.17, 15) is 9.90 Å². The van der Waals surface area contributed by atoms with Crippen molar-refractivity contribution in [1.29, 1.82) is 0 Å². The van der Waals surface area contributed by atoms with E-state index in [1.165, 1.54) is 38.9 Å². The van der Waals surface area contributed by atoms with E-state index in [2.05, 4.69) is 23.6 Å². The number of hydrogen-bond acceptors (Lipinski definition) is 3. The molecule has 0 spiro atoms. The predicted molar refractivity (Wildman–Crippen MR) is 71.6 cm³/mol. The van der Waals surface area contributed by atoms with Crippen molar-refractivity contribution in [1.82, 2.24) is 9.80 Å². The van der Waals surface area contributed by atoms with Gasteiger partial charge in [-0.05, 0) is 44.8 Å². The summed E-state index contributed by atoms with van der Waals surface area (Å²) in [5.41, 5.74) is 0. The summed E-state index contributed by atoms with van der Waals surface area (Å²) in [7, 11) is 0. The largest absolute Gasteiger partial charge is 0.481 e. The Morgan fingerprint density at radius 3 is 2.44 bits per heavy atom. The smallest absolute Gasteiger partial charge is 0.308 e. The summed E-state index contributed by atoms with van der Waals surface area (Å²) >= 11 is 0. The zero-order valence-electron chi connectivity index (χ0n) is 11.6. The van der Waals surface area contributed by atoms with E-state index in [0.717, 1.165) is 13.1 Å². The highest BCUT2D eigenvalue weighted by atomic mass is 16.4. The second kappa shape index (κ2) is 6.02. The molecule has 104 valence electrons. The number of piperidine rings is 1. The SMILES string of the molecule is CCCN1CCC(N2C[C@@H](C)[C@H](C(=O)O)C2)CC1. The summed E-state index contributed by atoms with van der Waals surface area (Å²) in [6, 6.07) is 0.616. The lowest BCUT2D eigenvalue weighted by Gasteiger charge is -2.36. The predicted octanol–water partition coefficient (Wildman–Crippen LogP) is 1.51. The lowest BCUT2D eigenvalue weighted by atomic mass is 9.99. The molecule has 2 rings (SSSR count). The summed E-state index contributed by atoms with van der Waals surface area (Å²) in [6.07, 6.45) is 3.64. The van der Waals surface area contributed by atoms with Gasteiger partial charge in [0.1, 0.15) is 0 Å². The van der Waals surface area contributed by atoms with Crippen LogP contribution in [0, 0.1) is 11.8 Å². The van der Waals surface area contributed by atoms with Crippen LogP contribution in [0.15, 0.2) is 0 Å². The van der Waals surface area contributed by atoms with Crippen molar-refractivity contribution >= 4 is 5.97 Å². The first-order chi connectivity index (χ1) is 8.61. The maximum atomic E-state index is 11.1. The molecule has 2 aliphatic rings. The molecule has 0 radical (unpaired) electrons. The van der Waals surface area contributed by atoms with Gasteiger partial charge in [-0.25, -0.2) is 0 Å². The third-order valence-corrected chi connectivity index (χ3v) is 4.57. The van der Waals surface area contributed by atoms with Crippen LogP contribution in [0.5, 0.6) is 0 Å². The van der Waals surface area contributed by atoms with Crippen molar-refractivity contribution in [3.63, 3.8) is 0 Å². The van der Waals surface area contributed by atoms with Crippen molar-refractivity contribution in [2.24, 2.45) is 11.8 Å². The molecule has 2 heterocycles. The number of carboxylic acids is 1. The van der Waals surface area contributed by atoms with Gasteiger partial charge in [0.2, 0.25) is 0 Å². The minimum absolute atomic E-state index is 0.154. The molecule has 1 N–H and O–H groups in total. The second-order valence-electron chi connectivity index (χ2n) is 5.95. The van der Waals surface area contributed by atoms with Crippen LogP contribution in [-0.4, -0.2) is 59.6 Å². The van der Waals surface area contributed by atoms with Gasteiger partial charge in [0.25, 0.3) is 0 Å². The molecule has 2 fully saturated rings. The zero-order valence-corrected chi connectivity index (χ0v) is 11.6. The molecule has 0 aromatic rings. The quantitative estimate of drug-likeness (QED) is 0.826. The molecule has 4 heteroatoms. The molecule has 2 saturated heterocycles. The minimum Gasteiger partial charge on any atom is -0.481 e. The topological polar surface area (TPSA) is 43.8 Å². The summed E-state index contributed by atoms with van der Waals surface area (Å²) in [6.45, 7) is 9.60. The number of rotatable bonds is 4. The van der Waals surface area contributed by atoms with Crippen LogP contribution in [0.4, 0.5) is 0 Å². The minimum atomic E-state index is -0.617. The Kier molecular flexibility index (Phi) is 4.62. The van der Waals surface area contributed by atoms with Gasteiger partial charge in [-0.1, -0.05) is 13.8 Å². The maximum Gasteiger partial charge on any atom is 0.308 e. The van der Waals surface area contributed by atoms with Crippen LogP contribution in [0.2, 0.25) is 0 Å². The van der Waals surface area contributed by atoms with Crippen molar-refractivity contribution in [3.05, 3.63) is 0 Å². The van der Waals surface area contributed by atoms with Gasteiger partial charge in [0.15, 0.2) is 0 Å². The first-order valence-corrected chi connectivity index (χ1v) is 7.31. The van der Waals surface area contributed by atoms with Gasteiger partial charge < -0.3 is 10.0 Å². The van der Waals surface area contributed by atoms with Gasteiger partial charge in [-0.2, -0.15) is 0 Å². The van der Waals surface area contributed by atoms with E-state index in [1.54, 1.807) is 0 Å². The summed E-state index contributed by atoms with van der Waals surface area (Å²) in [5.74, 6) is -0.469. The molecular weight excluding hydrogens is 228 g/mol. The van der Waals surface area contributed by atoms with Gasteiger partial charge in [-0.3, -0.25) is 9.69 Å². The van der Waals surface area contributed by atoms with Crippen LogP contribution in [0.1, 0.15) is 33.1 Å². The molecule has 0 bridgehead atoms. The lowest BCUT2D eigenvalue weighted by molar-refractivity contribution is -0.142. The molecule has 2 atom stereocenters. The van der Waals surface area contributed by atoms with Gasteiger partial charge in [0, 0.05) is 19.1 Å². The monoisotopic (exact) mass is 254 g/mol. The van der Waals surface area contributed by atoms with Gasteiger partial charge in [-0.15, -0.1) is 0 Å². The van der Waals surface area contributed by atoms with Crippen molar-refractivity contribution < 1.29 is 9.90 Å². The Labute approximate surface area is 110 Å². The second-order valence-corrected chi connectivity index (χ2v) is 5.95. The standard InChI is InChI=1S/C14H26N2O2/c1-3-6-15-7-4-12(5-8-15)16-9-11(2)13(10-16)14(17)18/h11-13H,3-10H2,1-2H3,(H,17,18)/t11-,13-/m1/s1. The molecule has 18 heavy (non-hydrogen) atoms. The fourth-order valence-corrected chi connectivity index (χ4v) is 3.45. The highest BCUT2D eigenvalue weighted by Crippen LogP contribution is 2.28. The van der Waals surface area contributed by atoms with E-state index >= 15 is 0 Å². The van der Waals surface area contributed by atoms with Crippen molar-refractivity contribution in [2.75, 3.05) is 32.7 Å². The van der Waals surface area contributed by atoms with E-state index in [4.69, 9.17) is 0 Å². The van der Waals surface area contributed by atoms with Crippen LogP contribution in [-0.2, 0) is 4.79 Å². The average molecular weight is 254 g/mol. The third kappa shape index (κ3) is 3.04. The highest BCUT2D eigenvalue weighted by Gasteiger charge is 2.38. The molecule has 0 amide bonds. The number of likely N-dealkylation sites (tertiary alicyclic amines) is 2. The average Bonchev–Trinajstić information content (AvgIpc) is 2.73. The van der Waals surface area contributed by atoms with E-state index in [-0.39, 0.29) is 5.92 Å². The van der Waals surface area contributed by atoms with E-state index in [1.807, 2.05) is 0 Å². The number of carboxylic acid groups (broad SMARTS) is 1. The molecule has 0 aromatic heterocycles. The summed E-state index contributed by atoms with van der Waals surface area (Å²) in [4.78, 5) is 16.1. The number of carbonyl (C=O) groups is 1. The Balaban J connectivity index is 1.82. The Hall–Kier alpha value is -0.610. The van der Waals surface area contributed by atoms with Crippen LogP contribution < -0.4 is 0 Å². The Bertz CT molecular complexity index is 288.